The second-order valence-corrected chi connectivity index (χ2v) is 8.22. The van der Waals surface area contributed by atoms with Crippen LogP contribution in [0.1, 0.15) is 25.8 Å². The average Bonchev–Trinajstić information content (AvgIpc) is 2.66. The van der Waals surface area contributed by atoms with E-state index in [0.29, 0.717) is 44.1 Å². The van der Waals surface area contributed by atoms with E-state index in [2.05, 4.69) is 15.6 Å². The monoisotopic (exact) mass is 542 g/mol. The molecule has 1 aromatic rings. The van der Waals surface area contributed by atoms with Crippen LogP contribution in [0.3, 0.4) is 0 Å². The smallest absolute Gasteiger partial charge is 0.211 e. The minimum Gasteiger partial charge on any atom is -0.493 e. The fraction of sp³-hybridized carbons (Fsp3) is 0.632. The van der Waals surface area contributed by atoms with Gasteiger partial charge in [0.1, 0.15) is 0 Å². The summed E-state index contributed by atoms with van der Waals surface area (Å²) in [6.45, 7) is 6.82. The summed E-state index contributed by atoms with van der Waals surface area (Å²) in [5, 5.41) is 6.51. The van der Waals surface area contributed by atoms with Crippen molar-refractivity contribution in [1.82, 2.24) is 14.9 Å². The molecular weight excluding hydrogens is 507 g/mol. The molecule has 0 aromatic heterocycles. The predicted molar refractivity (Wildman–Crippen MR) is 129 cm³/mol. The second-order valence-electron chi connectivity index (χ2n) is 6.23. The highest BCUT2D eigenvalue weighted by molar-refractivity contribution is 14.0. The molecule has 29 heavy (non-hydrogen) atoms. The highest BCUT2D eigenvalue weighted by Crippen LogP contribution is 2.27. The maximum Gasteiger partial charge on any atom is 0.211 e. The van der Waals surface area contributed by atoms with E-state index in [1.54, 1.807) is 14.2 Å². The molecule has 168 valence electrons. The quantitative estimate of drug-likeness (QED) is 0.182. The van der Waals surface area contributed by atoms with Crippen LogP contribution in [-0.4, -0.2) is 71.9 Å². The topological polar surface area (TPSA) is 92.3 Å². The molecule has 1 rings (SSSR count). The summed E-state index contributed by atoms with van der Waals surface area (Å²) in [6.07, 6.45) is 2.72. The van der Waals surface area contributed by atoms with Gasteiger partial charge in [0.15, 0.2) is 17.5 Å². The van der Waals surface area contributed by atoms with Gasteiger partial charge in [-0.15, -0.1) is 24.0 Å². The first kappa shape index (κ1) is 27.7. The fourth-order valence-electron chi connectivity index (χ4n) is 2.70. The summed E-state index contributed by atoms with van der Waals surface area (Å²) in [6, 6.07) is 5.88. The van der Waals surface area contributed by atoms with Crippen molar-refractivity contribution in [1.29, 1.82) is 0 Å². The van der Waals surface area contributed by atoms with Gasteiger partial charge in [0.25, 0.3) is 0 Å². The van der Waals surface area contributed by atoms with Crippen LogP contribution in [0.2, 0.25) is 0 Å². The number of nitrogens with one attached hydrogen (secondary N) is 2. The highest BCUT2D eigenvalue weighted by atomic mass is 127. The number of sulfonamides is 1. The SMILES string of the molecule is CCNC(=NCCCN(CC)S(C)(=O)=O)NCCc1ccc(OC)c(OC)c1.I. The molecule has 0 amide bonds. The molecule has 0 saturated heterocycles. The summed E-state index contributed by atoms with van der Waals surface area (Å²) in [4.78, 5) is 4.52. The van der Waals surface area contributed by atoms with E-state index in [1.165, 1.54) is 10.6 Å². The van der Waals surface area contributed by atoms with Gasteiger partial charge in [-0.3, -0.25) is 4.99 Å². The largest absolute Gasteiger partial charge is 0.493 e. The van der Waals surface area contributed by atoms with Crippen LogP contribution < -0.4 is 20.1 Å². The zero-order chi connectivity index (χ0) is 21.0. The van der Waals surface area contributed by atoms with E-state index in [1.807, 2.05) is 32.0 Å². The number of ether oxygens (including phenoxy) is 2. The van der Waals surface area contributed by atoms with Crippen molar-refractivity contribution in [2.75, 3.05) is 53.2 Å². The molecule has 0 spiro atoms. The van der Waals surface area contributed by atoms with E-state index in [-0.39, 0.29) is 24.0 Å². The third-order valence-electron chi connectivity index (χ3n) is 4.16. The maximum atomic E-state index is 11.6. The lowest BCUT2D eigenvalue weighted by molar-refractivity contribution is 0.354. The number of rotatable bonds is 12. The van der Waals surface area contributed by atoms with Gasteiger partial charge in [0, 0.05) is 32.7 Å². The van der Waals surface area contributed by atoms with Gasteiger partial charge in [-0.25, -0.2) is 12.7 Å². The van der Waals surface area contributed by atoms with Gasteiger partial charge >= 0.3 is 0 Å². The van der Waals surface area contributed by atoms with Gasteiger partial charge in [-0.2, -0.15) is 0 Å². The number of benzene rings is 1. The van der Waals surface area contributed by atoms with Crippen LogP contribution in [0.25, 0.3) is 0 Å². The summed E-state index contributed by atoms with van der Waals surface area (Å²) >= 11 is 0. The van der Waals surface area contributed by atoms with Crippen LogP contribution in [-0.2, 0) is 16.4 Å². The summed E-state index contributed by atoms with van der Waals surface area (Å²) in [7, 11) is 0.0961. The lowest BCUT2D eigenvalue weighted by Gasteiger charge is -2.17. The Hall–Kier alpha value is -1.27. The van der Waals surface area contributed by atoms with Crippen LogP contribution in [0.15, 0.2) is 23.2 Å². The molecule has 8 nitrogen and oxygen atoms in total. The zero-order valence-electron chi connectivity index (χ0n) is 18.0. The molecule has 0 fully saturated rings. The van der Waals surface area contributed by atoms with E-state index < -0.39 is 10.0 Å². The Kier molecular flexibility index (Phi) is 14.0. The minimum atomic E-state index is -3.15. The van der Waals surface area contributed by atoms with Crippen LogP contribution in [0.4, 0.5) is 0 Å². The molecule has 2 N–H and O–H groups in total. The van der Waals surface area contributed by atoms with Crippen molar-refractivity contribution in [2.45, 2.75) is 26.7 Å². The standard InChI is InChI=1S/C19H34N4O4S.HI/c1-6-20-19(21-12-8-14-23(7-2)28(5,24)25)22-13-11-16-9-10-17(26-3)18(15-16)27-4;/h9-10,15H,6-8,11-14H2,1-5H3,(H2,20,21,22);1H. The Morgan fingerprint density at radius 3 is 2.38 bits per heavy atom. The first-order chi connectivity index (χ1) is 13.3. The van der Waals surface area contributed by atoms with Crippen LogP contribution >= 0.6 is 24.0 Å². The normalized spacial score (nSPS) is 11.7. The van der Waals surface area contributed by atoms with Gasteiger partial charge in [-0.05, 0) is 37.5 Å². The van der Waals surface area contributed by atoms with Crippen molar-refractivity contribution < 1.29 is 17.9 Å². The predicted octanol–water partition coefficient (Wildman–Crippen LogP) is 2.09. The Labute approximate surface area is 192 Å². The zero-order valence-corrected chi connectivity index (χ0v) is 21.2. The number of hydrogen-bond acceptors (Lipinski definition) is 5. The summed E-state index contributed by atoms with van der Waals surface area (Å²) in [5.74, 6) is 2.15. The molecule has 10 heteroatoms. The first-order valence-electron chi connectivity index (χ1n) is 9.53. The highest BCUT2D eigenvalue weighted by Gasteiger charge is 2.13. The second kappa shape index (κ2) is 14.7. The molecule has 1 aromatic carbocycles. The van der Waals surface area contributed by atoms with Gasteiger partial charge in [0.2, 0.25) is 10.0 Å². The number of nitrogens with zero attached hydrogens (tertiary/aromatic N) is 2. The number of guanidine groups is 1. The van der Waals surface area contributed by atoms with E-state index in [4.69, 9.17) is 9.47 Å². The van der Waals surface area contributed by atoms with Crippen molar-refractivity contribution in [3.63, 3.8) is 0 Å². The van der Waals surface area contributed by atoms with Crippen molar-refractivity contribution in [3.05, 3.63) is 23.8 Å². The minimum absolute atomic E-state index is 0. The third kappa shape index (κ3) is 10.4. The van der Waals surface area contributed by atoms with Gasteiger partial charge in [-0.1, -0.05) is 13.0 Å². The maximum absolute atomic E-state index is 11.6. The van der Waals surface area contributed by atoms with Crippen molar-refractivity contribution in [3.8, 4) is 11.5 Å². The Bertz CT molecular complexity index is 729. The molecule has 0 aliphatic rings. The molecule has 0 unspecified atom stereocenters. The van der Waals surface area contributed by atoms with E-state index >= 15 is 0 Å². The Morgan fingerprint density at radius 1 is 1.14 bits per heavy atom. The molecule has 0 aliphatic heterocycles. The van der Waals surface area contributed by atoms with Gasteiger partial charge in [0.05, 0.1) is 20.5 Å². The van der Waals surface area contributed by atoms with Gasteiger partial charge < -0.3 is 20.1 Å². The third-order valence-corrected chi connectivity index (χ3v) is 5.53. The molecular formula is C19H35IN4O4S. The number of halogens is 1. The van der Waals surface area contributed by atoms with Crippen LogP contribution in [0.5, 0.6) is 11.5 Å². The molecule has 0 saturated carbocycles. The van der Waals surface area contributed by atoms with E-state index in [0.717, 1.165) is 24.5 Å². The Balaban J connectivity index is 0.00000784. The number of hydrogen-bond donors (Lipinski definition) is 2. The molecule has 0 radical (unpaired) electrons. The molecule has 0 atom stereocenters. The summed E-state index contributed by atoms with van der Waals surface area (Å²) < 4.78 is 35.3. The lowest BCUT2D eigenvalue weighted by atomic mass is 10.1. The average molecular weight is 542 g/mol. The number of aliphatic imine (C=N–C) groups is 1. The lowest BCUT2D eigenvalue weighted by Crippen LogP contribution is -2.38. The summed E-state index contributed by atoms with van der Waals surface area (Å²) in [5.41, 5.74) is 1.13. The molecule has 0 bridgehead atoms. The first-order valence-corrected chi connectivity index (χ1v) is 11.4. The van der Waals surface area contributed by atoms with Crippen molar-refractivity contribution in [2.24, 2.45) is 4.99 Å². The van der Waals surface area contributed by atoms with Crippen LogP contribution in [0, 0.1) is 0 Å². The molecule has 0 heterocycles. The fourth-order valence-corrected chi connectivity index (χ4v) is 3.63. The molecule has 0 aliphatic carbocycles. The van der Waals surface area contributed by atoms with E-state index in [9.17, 15) is 8.42 Å². The number of methoxy groups -OCH3 is 2. The Morgan fingerprint density at radius 2 is 1.83 bits per heavy atom. The van der Waals surface area contributed by atoms with Crippen molar-refractivity contribution >= 4 is 40.0 Å².